The number of nitrogens with one attached hydrogen (secondary N) is 2. The van der Waals surface area contributed by atoms with E-state index in [4.69, 9.17) is 4.74 Å². The van der Waals surface area contributed by atoms with Crippen LogP contribution < -0.4 is 10.9 Å². The molecule has 1 unspecified atom stereocenters. The number of amides is 2. The molecule has 1 aromatic carbocycles. The van der Waals surface area contributed by atoms with Crippen molar-refractivity contribution in [1.82, 2.24) is 15.8 Å². The van der Waals surface area contributed by atoms with E-state index < -0.39 is 17.9 Å². The number of carbonyl (C=O) groups is 2. The van der Waals surface area contributed by atoms with Crippen molar-refractivity contribution in [3.8, 4) is 10.6 Å². The predicted molar refractivity (Wildman–Crippen MR) is 98.1 cm³/mol. The van der Waals surface area contributed by atoms with Crippen LogP contribution in [0, 0.1) is 6.92 Å². The minimum Gasteiger partial charge on any atom is -0.368 e. The summed E-state index contributed by atoms with van der Waals surface area (Å²) >= 11 is 1.28. The number of aromatic nitrogens is 1. The topological polar surface area (TPSA) is 80.3 Å². The Bertz CT molecular complexity index is 743. The third-order valence-electron chi connectivity index (χ3n) is 3.38. The van der Waals surface area contributed by atoms with E-state index in [9.17, 15) is 9.59 Å². The smallest absolute Gasteiger partial charge is 0.281 e. The number of hydrogen-bond acceptors (Lipinski definition) is 5. The number of aryl methyl sites for hydroxylation is 1. The Morgan fingerprint density at radius 1 is 1.32 bits per heavy atom. The van der Waals surface area contributed by atoms with Crippen LogP contribution in [0.15, 0.2) is 43.0 Å². The highest BCUT2D eigenvalue weighted by molar-refractivity contribution is 7.17. The molecule has 0 aliphatic rings. The molecule has 7 heteroatoms. The number of hydrazine groups is 1. The van der Waals surface area contributed by atoms with Crippen molar-refractivity contribution >= 4 is 23.2 Å². The normalized spacial score (nSPS) is 11.6. The highest BCUT2D eigenvalue weighted by Gasteiger charge is 2.18. The first-order valence-electron chi connectivity index (χ1n) is 7.88. The number of carbonyl (C=O) groups excluding carboxylic acids is 2. The molecule has 0 fully saturated rings. The van der Waals surface area contributed by atoms with E-state index in [2.05, 4.69) is 22.4 Å². The van der Waals surface area contributed by atoms with Crippen LogP contribution >= 0.6 is 11.3 Å². The van der Waals surface area contributed by atoms with Gasteiger partial charge in [0.05, 0.1) is 12.3 Å². The maximum Gasteiger partial charge on any atom is 0.281 e. The molecule has 0 saturated heterocycles. The third-order valence-corrected chi connectivity index (χ3v) is 4.59. The van der Waals surface area contributed by atoms with Crippen LogP contribution in [0.1, 0.15) is 28.7 Å². The summed E-state index contributed by atoms with van der Waals surface area (Å²) in [6.45, 7) is 7.37. The molecule has 2 aromatic rings. The number of thiazole rings is 1. The van der Waals surface area contributed by atoms with Gasteiger partial charge in [-0.1, -0.05) is 36.4 Å². The molecule has 0 aliphatic heterocycles. The van der Waals surface area contributed by atoms with Crippen molar-refractivity contribution in [2.45, 2.75) is 26.4 Å². The minimum atomic E-state index is -0.664. The molecular weight excluding hydrogens is 338 g/mol. The van der Waals surface area contributed by atoms with Crippen molar-refractivity contribution in [2.75, 3.05) is 6.61 Å². The first-order valence-corrected chi connectivity index (χ1v) is 8.70. The molecule has 0 bridgehead atoms. The molecule has 0 spiro atoms. The van der Waals surface area contributed by atoms with Gasteiger partial charge in [-0.15, -0.1) is 17.9 Å². The highest BCUT2D eigenvalue weighted by atomic mass is 32.1. The SMILES string of the molecule is C=CCCOC(C)C(=O)NNC(=O)c1sc(-c2ccccc2)nc1C. The lowest BCUT2D eigenvalue weighted by Gasteiger charge is -2.13. The molecule has 2 rings (SSSR count). The summed E-state index contributed by atoms with van der Waals surface area (Å²) in [5.41, 5.74) is 6.34. The van der Waals surface area contributed by atoms with Crippen molar-refractivity contribution in [3.63, 3.8) is 0 Å². The first kappa shape index (κ1) is 18.8. The molecule has 25 heavy (non-hydrogen) atoms. The fourth-order valence-corrected chi connectivity index (χ4v) is 2.96. The maximum atomic E-state index is 12.3. The van der Waals surface area contributed by atoms with Crippen molar-refractivity contribution in [3.05, 3.63) is 53.6 Å². The van der Waals surface area contributed by atoms with Crippen LogP contribution in [0.25, 0.3) is 10.6 Å². The standard InChI is InChI=1S/C18H21N3O3S/c1-4-5-11-24-13(3)16(22)20-21-17(23)15-12(2)19-18(25-15)14-9-7-6-8-10-14/h4,6-10,13H,1,5,11H2,2-3H3,(H,20,22)(H,21,23). The van der Waals surface area contributed by atoms with E-state index in [1.165, 1.54) is 11.3 Å². The molecule has 2 amide bonds. The van der Waals surface area contributed by atoms with Gasteiger partial charge in [-0.3, -0.25) is 20.4 Å². The van der Waals surface area contributed by atoms with E-state index in [1.807, 2.05) is 30.3 Å². The van der Waals surface area contributed by atoms with Crippen molar-refractivity contribution in [1.29, 1.82) is 0 Å². The van der Waals surface area contributed by atoms with E-state index in [1.54, 1.807) is 19.9 Å². The minimum absolute atomic E-state index is 0.399. The lowest BCUT2D eigenvalue weighted by atomic mass is 10.2. The molecule has 2 N–H and O–H groups in total. The zero-order valence-corrected chi connectivity index (χ0v) is 15.1. The molecule has 0 aliphatic carbocycles. The second kappa shape index (κ2) is 9.10. The Morgan fingerprint density at radius 2 is 2.04 bits per heavy atom. The van der Waals surface area contributed by atoms with Crippen LogP contribution in [0.3, 0.4) is 0 Å². The average Bonchev–Trinajstić information content (AvgIpc) is 3.02. The zero-order valence-electron chi connectivity index (χ0n) is 14.2. The van der Waals surface area contributed by atoms with Gasteiger partial charge in [-0.05, 0) is 20.3 Å². The number of ether oxygens (including phenoxy) is 1. The number of rotatable bonds is 7. The molecule has 6 nitrogen and oxygen atoms in total. The third kappa shape index (κ3) is 5.23. The van der Waals surface area contributed by atoms with Gasteiger partial charge < -0.3 is 4.74 Å². The van der Waals surface area contributed by atoms with Crippen LogP contribution in [-0.4, -0.2) is 29.5 Å². The van der Waals surface area contributed by atoms with Gasteiger partial charge in [0.2, 0.25) is 0 Å². The Morgan fingerprint density at radius 3 is 2.72 bits per heavy atom. The number of nitrogens with zero attached hydrogens (tertiary/aromatic N) is 1. The van der Waals surface area contributed by atoms with Gasteiger partial charge in [-0.2, -0.15) is 0 Å². The average molecular weight is 359 g/mol. The van der Waals surface area contributed by atoms with Crippen molar-refractivity contribution in [2.24, 2.45) is 0 Å². The molecule has 1 heterocycles. The summed E-state index contributed by atoms with van der Waals surface area (Å²) in [6, 6.07) is 9.62. The van der Waals surface area contributed by atoms with E-state index in [0.29, 0.717) is 23.6 Å². The second-order valence-electron chi connectivity index (χ2n) is 5.33. The van der Waals surface area contributed by atoms with Crippen LogP contribution in [0.4, 0.5) is 0 Å². The first-order chi connectivity index (χ1) is 12.0. The molecule has 132 valence electrons. The lowest BCUT2D eigenvalue weighted by Crippen LogP contribution is -2.46. The Balaban J connectivity index is 1.94. The quantitative estimate of drug-likeness (QED) is 0.453. The second-order valence-corrected chi connectivity index (χ2v) is 6.33. The van der Waals surface area contributed by atoms with Crippen LogP contribution in [-0.2, 0) is 9.53 Å². The van der Waals surface area contributed by atoms with Gasteiger partial charge in [-0.25, -0.2) is 4.98 Å². The predicted octanol–water partition coefficient (Wildman–Crippen LogP) is 2.86. The van der Waals surface area contributed by atoms with E-state index >= 15 is 0 Å². The largest absolute Gasteiger partial charge is 0.368 e. The highest BCUT2D eigenvalue weighted by Crippen LogP contribution is 2.27. The van der Waals surface area contributed by atoms with Gasteiger partial charge in [0.25, 0.3) is 11.8 Å². The fourth-order valence-electron chi connectivity index (χ4n) is 1.99. The lowest BCUT2D eigenvalue weighted by molar-refractivity contribution is -0.132. The van der Waals surface area contributed by atoms with E-state index in [0.717, 1.165) is 10.6 Å². The summed E-state index contributed by atoms with van der Waals surface area (Å²) in [5, 5.41) is 0.760. The maximum absolute atomic E-state index is 12.3. The number of benzene rings is 1. The van der Waals surface area contributed by atoms with Crippen LogP contribution in [0.5, 0.6) is 0 Å². The van der Waals surface area contributed by atoms with Gasteiger partial charge in [0.15, 0.2) is 0 Å². The van der Waals surface area contributed by atoms with Crippen LogP contribution in [0.2, 0.25) is 0 Å². The Labute approximate surface area is 150 Å². The Kier molecular flexibility index (Phi) is 6.85. The fraction of sp³-hybridized carbons (Fsp3) is 0.278. The van der Waals surface area contributed by atoms with E-state index in [-0.39, 0.29) is 0 Å². The summed E-state index contributed by atoms with van der Waals surface area (Å²) in [5.74, 6) is -0.813. The molecule has 1 atom stereocenters. The molecular formula is C18H21N3O3S. The zero-order chi connectivity index (χ0) is 18.2. The Hall–Kier alpha value is -2.51. The van der Waals surface area contributed by atoms with Gasteiger partial charge in [0.1, 0.15) is 16.0 Å². The molecule has 0 radical (unpaired) electrons. The summed E-state index contributed by atoms with van der Waals surface area (Å²) in [6.07, 6.45) is 1.71. The summed E-state index contributed by atoms with van der Waals surface area (Å²) in [7, 11) is 0. The van der Waals surface area contributed by atoms with Crippen molar-refractivity contribution < 1.29 is 14.3 Å². The molecule has 0 saturated carbocycles. The molecule has 1 aromatic heterocycles. The van der Waals surface area contributed by atoms with Gasteiger partial charge in [0, 0.05) is 5.56 Å². The number of hydrogen-bond donors (Lipinski definition) is 2. The van der Waals surface area contributed by atoms with Gasteiger partial charge >= 0.3 is 0 Å². The monoisotopic (exact) mass is 359 g/mol. The summed E-state index contributed by atoms with van der Waals surface area (Å²) in [4.78, 5) is 29.1. The summed E-state index contributed by atoms with van der Waals surface area (Å²) < 4.78 is 5.32.